The number of alkyl halides is 1. The van der Waals surface area contributed by atoms with Crippen LogP contribution in [-0.4, -0.2) is 55.7 Å². The molecule has 2 aliphatic heterocycles. The number of hydrogen-bond acceptors (Lipinski definition) is 5. The molecule has 36 heavy (non-hydrogen) atoms. The van der Waals surface area contributed by atoms with E-state index in [1.54, 1.807) is 0 Å². The number of piperidine rings is 1. The number of halogens is 3. The van der Waals surface area contributed by atoms with Crippen molar-refractivity contribution in [3.8, 4) is 0 Å². The minimum Gasteiger partial charge on any atom is -0.465 e. The van der Waals surface area contributed by atoms with E-state index in [2.05, 4.69) is 15.4 Å². The van der Waals surface area contributed by atoms with E-state index in [1.165, 1.54) is 12.1 Å². The van der Waals surface area contributed by atoms with Crippen molar-refractivity contribution in [1.29, 1.82) is 0 Å². The Labute approximate surface area is 204 Å². The number of nitrogens with zero attached hydrogens (tertiary/aromatic N) is 1. The fraction of sp³-hybridized carbons (Fsp3) is 0.391. The van der Waals surface area contributed by atoms with Crippen LogP contribution in [0, 0.1) is 11.6 Å². The molecule has 1 spiro atoms. The van der Waals surface area contributed by atoms with Gasteiger partial charge in [-0.05, 0) is 49.1 Å². The summed E-state index contributed by atoms with van der Waals surface area (Å²) in [6.45, 7) is -0.232. The fourth-order valence-corrected chi connectivity index (χ4v) is 6.15. The van der Waals surface area contributed by atoms with Gasteiger partial charge >= 0.3 is 6.09 Å². The molecule has 0 bridgehead atoms. The van der Waals surface area contributed by atoms with Crippen molar-refractivity contribution in [3.63, 3.8) is 0 Å². The zero-order chi connectivity index (χ0) is 25.8. The topological polar surface area (TPSA) is 128 Å². The highest BCUT2D eigenvalue weighted by atomic mass is 32.2. The third-order valence-electron chi connectivity index (χ3n) is 7.12. The molecular weight excluding hydrogens is 501 g/mol. The Hall–Kier alpha value is -3.48. The molecule has 13 heteroatoms. The van der Waals surface area contributed by atoms with Crippen LogP contribution in [0.2, 0.25) is 0 Å². The lowest BCUT2D eigenvalue weighted by Gasteiger charge is -2.36. The highest BCUT2D eigenvalue weighted by molar-refractivity contribution is 7.92. The summed E-state index contributed by atoms with van der Waals surface area (Å²) in [7, 11) is -4.47. The van der Waals surface area contributed by atoms with Crippen LogP contribution < -0.4 is 15.4 Å². The molecule has 0 aromatic heterocycles. The van der Waals surface area contributed by atoms with Crippen LogP contribution in [0.5, 0.6) is 0 Å². The Bertz CT molecular complexity index is 1370. The van der Waals surface area contributed by atoms with Crippen molar-refractivity contribution in [1.82, 2.24) is 4.90 Å². The van der Waals surface area contributed by atoms with Gasteiger partial charge in [0.1, 0.15) is 22.7 Å². The van der Waals surface area contributed by atoms with E-state index < -0.39 is 50.3 Å². The minimum atomic E-state index is -4.47. The summed E-state index contributed by atoms with van der Waals surface area (Å²) in [5.41, 5.74) is 0.387. The summed E-state index contributed by atoms with van der Waals surface area (Å²) in [5, 5.41) is 15.0. The van der Waals surface area contributed by atoms with Crippen LogP contribution in [0.25, 0.3) is 0 Å². The summed E-state index contributed by atoms with van der Waals surface area (Å²) in [4.78, 5) is 24.2. The normalized spacial score (nSPS) is 22.5. The molecule has 2 amide bonds. The molecule has 0 radical (unpaired) electrons. The highest BCUT2D eigenvalue weighted by Crippen LogP contribution is 2.54. The molecular formula is C23H23F3N4O5S. The standard InChI is InChI=1S/C23H23F3N4O5S/c24-12-2-3-19(15(25)8-12)36(34,35)29-13-9-14-20(28-21(31)23(14)5-1-6-23)18(10-13)27-17-4-7-30(22(32)33)11-16(17)26/h2-3,8-10,16-17,27,29H,1,4-7,11H2,(H,28,31)(H,32,33). The Morgan fingerprint density at radius 2 is 1.94 bits per heavy atom. The number of likely N-dealkylation sites (tertiary alicyclic amines) is 1. The number of fused-ring (bicyclic) bond motifs is 2. The number of rotatable bonds is 5. The second kappa shape index (κ2) is 8.57. The van der Waals surface area contributed by atoms with Crippen LogP contribution >= 0.6 is 0 Å². The molecule has 192 valence electrons. The van der Waals surface area contributed by atoms with Crippen LogP contribution in [0.3, 0.4) is 0 Å². The molecule has 2 fully saturated rings. The average molecular weight is 525 g/mol. The highest BCUT2D eigenvalue weighted by Gasteiger charge is 2.52. The van der Waals surface area contributed by atoms with Gasteiger partial charge in [0.2, 0.25) is 5.91 Å². The number of carbonyl (C=O) groups excluding carboxylic acids is 1. The third kappa shape index (κ3) is 4.00. The lowest BCUT2D eigenvalue weighted by atomic mass is 9.65. The maximum absolute atomic E-state index is 14.8. The number of hydrogen-bond donors (Lipinski definition) is 4. The van der Waals surface area contributed by atoms with Gasteiger partial charge < -0.3 is 20.6 Å². The summed E-state index contributed by atoms with van der Waals surface area (Å²) >= 11 is 0. The predicted octanol–water partition coefficient (Wildman–Crippen LogP) is 3.64. The maximum Gasteiger partial charge on any atom is 0.407 e. The zero-order valence-electron chi connectivity index (χ0n) is 18.9. The van der Waals surface area contributed by atoms with E-state index in [9.17, 15) is 31.2 Å². The first-order valence-electron chi connectivity index (χ1n) is 11.4. The number of nitrogens with one attached hydrogen (secondary N) is 3. The summed E-state index contributed by atoms with van der Waals surface area (Å²) in [6.07, 6.45) is -0.715. The van der Waals surface area contributed by atoms with Gasteiger partial charge in [0, 0.05) is 12.6 Å². The minimum absolute atomic E-state index is 0.0149. The monoisotopic (exact) mass is 524 g/mol. The van der Waals surface area contributed by atoms with Crippen molar-refractivity contribution in [3.05, 3.63) is 47.5 Å². The number of sulfonamides is 1. The molecule has 4 N–H and O–H groups in total. The predicted molar refractivity (Wildman–Crippen MR) is 124 cm³/mol. The molecule has 5 rings (SSSR count). The van der Waals surface area contributed by atoms with Gasteiger partial charge in [-0.15, -0.1) is 0 Å². The van der Waals surface area contributed by atoms with Gasteiger partial charge in [0.15, 0.2) is 0 Å². The van der Waals surface area contributed by atoms with E-state index >= 15 is 0 Å². The van der Waals surface area contributed by atoms with E-state index in [-0.39, 0.29) is 36.8 Å². The molecule has 3 aliphatic rings. The van der Waals surface area contributed by atoms with E-state index in [0.717, 1.165) is 23.5 Å². The Morgan fingerprint density at radius 1 is 1.19 bits per heavy atom. The lowest BCUT2D eigenvalue weighted by molar-refractivity contribution is -0.123. The second-order valence-electron chi connectivity index (χ2n) is 9.30. The van der Waals surface area contributed by atoms with Gasteiger partial charge in [-0.1, -0.05) is 6.42 Å². The smallest absolute Gasteiger partial charge is 0.407 e. The largest absolute Gasteiger partial charge is 0.465 e. The van der Waals surface area contributed by atoms with Gasteiger partial charge in [-0.2, -0.15) is 0 Å². The van der Waals surface area contributed by atoms with Crippen molar-refractivity contribution in [2.24, 2.45) is 0 Å². The molecule has 2 aromatic carbocycles. The first-order chi connectivity index (χ1) is 17.0. The van der Waals surface area contributed by atoms with Gasteiger partial charge in [0.25, 0.3) is 10.0 Å². The number of benzene rings is 2. The number of carboxylic acid groups (broad SMARTS) is 1. The second-order valence-corrected chi connectivity index (χ2v) is 11.0. The number of carbonyl (C=O) groups is 2. The van der Waals surface area contributed by atoms with Crippen molar-refractivity contribution >= 4 is 39.1 Å². The lowest BCUT2D eigenvalue weighted by Crippen LogP contribution is -2.49. The molecule has 1 saturated carbocycles. The molecule has 1 saturated heterocycles. The van der Waals surface area contributed by atoms with Crippen molar-refractivity contribution < 1.29 is 36.3 Å². The first kappa shape index (κ1) is 24.2. The Balaban J connectivity index is 1.50. The SMILES string of the molecule is O=C(O)N1CCC(Nc2cc(NS(=O)(=O)c3ccc(F)cc3F)cc3c2NC(=O)C32CCC2)C(F)C1. The average Bonchev–Trinajstić information content (AvgIpc) is 3.06. The van der Waals surface area contributed by atoms with E-state index in [4.69, 9.17) is 5.11 Å². The number of amides is 2. The molecule has 2 atom stereocenters. The summed E-state index contributed by atoms with van der Waals surface area (Å²) in [6, 6.07) is 4.16. The molecule has 1 aliphatic carbocycles. The summed E-state index contributed by atoms with van der Waals surface area (Å²) in [5.74, 6) is -2.43. The molecule has 9 nitrogen and oxygen atoms in total. The first-order valence-corrected chi connectivity index (χ1v) is 12.8. The zero-order valence-corrected chi connectivity index (χ0v) is 19.7. The Kier molecular flexibility index (Phi) is 5.77. The summed E-state index contributed by atoms with van der Waals surface area (Å²) < 4.78 is 70.4. The van der Waals surface area contributed by atoms with E-state index in [0.29, 0.717) is 30.2 Å². The van der Waals surface area contributed by atoms with Gasteiger partial charge in [-0.3, -0.25) is 9.52 Å². The van der Waals surface area contributed by atoms with Crippen molar-refractivity contribution in [2.75, 3.05) is 28.4 Å². The quantitative estimate of drug-likeness (QED) is 0.473. The van der Waals surface area contributed by atoms with Gasteiger partial charge in [0.05, 0.1) is 35.1 Å². The van der Waals surface area contributed by atoms with Crippen LogP contribution in [-0.2, 0) is 20.2 Å². The number of anilines is 3. The Morgan fingerprint density at radius 3 is 2.56 bits per heavy atom. The fourth-order valence-electron chi connectivity index (χ4n) is 5.05. The van der Waals surface area contributed by atoms with Crippen LogP contribution in [0.1, 0.15) is 31.2 Å². The van der Waals surface area contributed by atoms with Crippen molar-refractivity contribution in [2.45, 2.75) is 48.2 Å². The molecule has 2 unspecified atom stereocenters. The van der Waals surface area contributed by atoms with Gasteiger partial charge in [-0.25, -0.2) is 26.4 Å². The molecule has 2 aromatic rings. The van der Waals surface area contributed by atoms with Crippen LogP contribution in [0.15, 0.2) is 35.2 Å². The molecule has 2 heterocycles. The van der Waals surface area contributed by atoms with E-state index in [1.807, 2.05) is 0 Å². The third-order valence-corrected chi connectivity index (χ3v) is 8.54. The van der Waals surface area contributed by atoms with Crippen LogP contribution in [0.4, 0.5) is 35.0 Å². The maximum atomic E-state index is 14.8.